The average molecular weight is 263 g/mol. The number of hydrogen-bond donors (Lipinski definition) is 1. The number of aryl methyl sites for hydroxylation is 1. The van der Waals surface area contributed by atoms with E-state index in [1.807, 2.05) is 31.2 Å². The van der Waals surface area contributed by atoms with Gasteiger partial charge in [-0.2, -0.15) is 0 Å². The van der Waals surface area contributed by atoms with E-state index in [1.54, 1.807) is 6.92 Å². The molecule has 0 saturated heterocycles. The van der Waals surface area contributed by atoms with Gasteiger partial charge in [0.15, 0.2) is 6.10 Å². The van der Waals surface area contributed by atoms with Crippen LogP contribution in [0, 0.1) is 5.92 Å². The highest BCUT2D eigenvalue weighted by Crippen LogP contribution is 2.19. The van der Waals surface area contributed by atoms with Crippen LogP contribution in [0.15, 0.2) is 24.3 Å². The second-order valence-corrected chi connectivity index (χ2v) is 5.26. The van der Waals surface area contributed by atoms with Crippen molar-refractivity contribution in [1.29, 1.82) is 0 Å². The van der Waals surface area contributed by atoms with E-state index < -0.39 is 6.10 Å². The molecule has 0 aliphatic carbocycles. The van der Waals surface area contributed by atoms with Crippen molar-refractivity contribution in [1.82, 2.24) is 5.32 Å². The SMILES string of the molecule is CCc1ccccc1OC(C)C(=O)NC(C)C(C)C. The third kappa shape index (κ3) is 4.58. The first-order valence-corrected chi connectivity index (χ1v) is 7.00. The van der Waals surface area contributed by atoms with Gasteiger partial charge in [0, 0.05) is 6.04 Å². The standard InChI is InChI=1S/C16H25NO2/c1-6-14-9-7-8-10-15(14)19-13(5)16(18)17-12(4)11(2)3/h7-13H,6H2,1-5H3,(H,17,18). The molecule has 1 aromatic rings. The minimum Gasteiger partial charge on any atom is -0.481 e. The number of carbonyl (C=O) groups is 1. The van der Waals surface area contributed by atoms with E-state index in [0.29, 0.717) is 5.92 Å². The van der Waals surface area contributed by atoms with E-state index in [0.717, 1.165) is 17.7 Å². The fourth-order valence-electron chi connectivity index (χ4n) is 1.66. The van der Waals surface area contributed by atoms with E-state index in [4.69, 9.17) is 4.74 Å². The molecule has 3 nitrogen and oxygen atoms in total. The second-order valence-electron chi connectivity index (χ2n) is 5.26. The van der Waals surface area contributed by atoms with E-state index in [9.17, 15) is 4.79 Å². The number of para-hydroxylation sites is 1. The van der Waals surface area contributed by atoms with Crippen molar-refractivity contribution in [3.05, 3.63) is 29.8 Å². The zero-order chi connectivity index (χ0) is 14.4. The summed E-state index contributed by atoms with van der Waals surface area (Å²) in [6.07, 6.45) is 0.418. The molecule has 2 unspecified atom stereocenters. The topological polar surface area (TPSA) is 38.3 Å². The number of ether oxygens (including phenoxy) is 1. The van der Waals surface area contributed by atoms with Crippen LogP contribution >= 0.6 is 0 Å². The van der Waals surface area contributed by atoms with Gasteiger partial charge in [-0.1, -0.05) is 39.0 Å². The Morgan fingerprint density at radius 2 is 1.84 bits per heavy atom. The zero-order valence-electron chi connectivity index (χ0n) is 12.6. The summed E-state index contributed by atoms with van der Waals surface area (Å²) < 4.78 is 5.77. The maximum atomic E-state index is 12.0. The third-order valence-corrected chi connectivity index (χ3v) is 3.40. The highest BCUT2D eigenvalue weighted by molar-refractivity contribution is 5.81. The summed E-state index contributed by atoms with van der Waals surface area (Å²) in [7, 11) is 0. The van der Waals surface area contributed by atoms with Gasteiger partial charge in [0.2, 0.25) is 0 Å². The monoisotopic (exact) mass is 263 g/mol. The van der Waals surface area contributed by atoms with Crippen molar-refractivity contribution in [2.24, 2.45) is 5.92 Å². The molecule has 1 amide bonds. The average Bonchev–Trinajstić information content (AvgIpc) is 2.38. The predicted molar refractivity (Wildman–Crippen MR) is 78.4 cm³/mol. The quantitative estimate of drug-likeness (QED) is 0.856. The lowest BCUT2D eigenvalue weighted by molar-refractivity contribution is -0.128. The van der Waals surface area contributed by atoms with Crippen molar-refractivity contribution in [3.8, 4) is 5.75 Å². The van der Waals surface area contributed by atoms with Crippen LogP contribution in [0.2, 0.25) is 0 Å². The lowest BCUT2D eigenvalue weighted by atomic mass is 10.1. The van der Waals surface area contributed by atoms with Crippen molar-refractivity contribution in [2.45, 2.75) is 53.2 Å². The minimum atomic E-state index is -0.478. The molecule has 1 rings (SSSR count). The van der Waals surface area contributed by atoms with Crippen molar-refractivity contribution >= 4 is 5.91 Å². The second kappa shape index (κ2) is 7.17. The van der Waals surface area contributed by atoms with Gasteiger partial charge in [-0.15, -0.1) is 0 Å². The number of benzene rings is 1. The van der Waals surface area contributed by atoms with E-state index in [2.05, 4.69) is 26.1 Å². The lowest BCUT2D eigenvalue weighted by Gasteiger charge is -2.21. The van der Waals surface area contributed by atoms with Crippen LogP contribution in [0.3, 0.4) is 0 Å². The smallest absolute Gasteiger partial charge is 0.260 e. The van der Waals surface area contributed by atoms with Crippen molar-refractivity contribution in [3.63, 3.8) is 0 Å². The Balaban J connectivity index is 2.63. The molecule has 1 N–H and O–H groups in total. The molecular weight excluding hydrogens is 238 g/mol. The van der Waals surface area contributed by atoms with Crippen molar-refractivity contribution < 1.29 is 9.53 Å². The maximum absolute atomic E-state index is 12.0. The van der Waals surface area contributed by atoms with Gasteiger partial charge in [0.05, 0.1) is 0 Å². The number of hydrogen-bond acceptors (Lipinski definition) is 2. The van der Waals surface area contributed by atoms with Crippen LogP contribution < -0.4 is 10.1 Å². The molecule has 0 aromatic heterocycles. The van der Waals surface area contributed by atoms with Gasteiger partial charge >= 0.3 is 0 Å². The lowest BCUT2D eigenvalue weighted by Crippen LogP contribution is -2.43. The first-order chi connectivity index (χ1) is 8.95. The summed E-state index contributed by atoms with van der Waals surface area (Å²) in [4.78, 5) is 12.0. The molecule has 0 saturated carbocycles. The van der Waals surface area contributed by atoms with Crippen LogP contribution in [0.4, 0.5) is 0 Å². The van der Waals surface area contributed by atoms with Crippen LogP contribution in [0.25, 0.3) is 0 Å². The molecule has 19 heavy (non-hydrogen) atoms. The fraction of sp³-hybridized carbons (Fsp3) is 0.562. The summed E-state index contributed by atoms with van der Waals surface area (Å²) in [5, 5.41) is 2.97. The van der Waals surface area contributed by atoms with Crippen LogP contribution in [0.1, 0.15) is 40.2 Å². The van der Waals surface area contributed by atoms with Crippen LogP contribution in [0.5, 0.6) is 5.75 Å². The van der Waals surface area contributed by atoms with Gasteiger partial charge in [-0.05, 0) is 37.8 Å². The Bertz CT molecular complexity index is 415. The van der Waals surface area contributed by atoms with Gasteiger partial charge in [0.1, 0.15) is 5.75 Å². The minimum absolute atomic E-state index is 0.0629. The maximum Gasteiger partial charge on any atom is 0.260 e. The third-order valence-electron chi connectivity index (χ3n) is 3.40. The summed E-state index contributed by atoms with van der Waals surface area (Å²) in [5.74, 6) is 1.15. The Kier molecular flexibility index (Phi) is 5.87. The highest BCUT2D eigenvalue weighted by Gasteiger charge is 2.19. The summed E-state index contributed by atoms with van der Waals surface area (Å²) in [6.45, 7) is 10.0. The van der Waals surface area contributed by atoms with Crippen LogP contribution in [-0.4, -0.2) is 18.1 Å². The molecule has 3 heteroatoms. The molecule has 0 bridgehead atoms. The molecule has 0 aliphatic rings. The van der Waals surface area contributed by atoms with Crippen molar-refractivity contribution in [2.75, 3.05) is 0 Å². The summed E-state index contributed by atoms with van der Waals surface area (Å²) in [5.41, 5.74) is 1.12. The van der Waals surface area contributed by atoms with E-state index in [1.165, 1.54) is 0 Å². The van der Waals surface area contributed by atoms with Gasteiger partial charge < -0.3 is 10.1 Å². The molecule has 0 spiro atoms. The molecule has 0 heterocycles. The number of nitrogens with one attached hydrogen (secondary N) is 1. The molecular formula is C16H25NO2. The number of carbonyl (C=O) groups excluding carboxylic acids is 1. The van der Waals surface area contributed by atoms with Gasteiger partial charge in [0.25, 0.3) is 5.91 Å². The zero-order valence-corrected chi connectivity index (χ0v) is 12.6. The Morgan fingerprint density at radius 3 is 2.42 bits per heavy atom. The molecule has 0 radical (unpaired) electrons. The largest absolute Gasteiger partial charge is 0.481 e. The molecule has 106 valence electrons. The molecule has 1 aromatic carbocycles. The predicted octanol–water partition coefficient (Wildman–Crippen LogP) is 3.18. The first-order valence-electron chi connectivity index (χ1n) is 7.00. The first kappa shape index (κ1) is 15.5. The molecule has 2 atom stereocenters. The Hall–Kier alpha value is -1.51. The number of amides is 1. The van der Waals surface area contributed by atoms with Gasteiger partial charge in [-0.3, -0.25) is 4.79 Å². The Morgan fingerprint density at radius 1 is 1.21 bits per heavy atom. The molecule has 0 aliphatic heterocycles. The summed E-state index contributed by atoms with van der Waals surface area (Å²) in [6, 6.07) is 8.00. The van der Waals surface area contributed by atoms with Gasteiger partial charge in [-0.25, -0.2) is 0 Å². The normalized spacial score (nSPS) is 14.0. The van der Waals surface area contributed by atoms with E-state index >= 15 is 0 Å². The van der Waals surface area contributed by atoms with Crippen LogP contribution in [-0.2, 0) is 11.2 Å². The van der Waals surface area contributed by atoms with E-state index in [-0.39, 0.29) is 11.9 Å². The molecule has 0 fully saturated rings. The highest BCUT2D eigenvalue weighted by atomic mass is 16.5. The number of rotatable bonds is 6. The Labute approximate surface area is 116 Å². The fourth-order valence-corrected chi connectivity index (χ4v) is 1.66. The summed E-state index contributed by atoms with van der Waals surface area (Å²) >= 11 is 0.